The first kappa shape index (κ1) is 22.5. The summed E-state index contributed by atoms with van der Waals surface area (Å²) in [6.07, 6.45) is -5.96. The van der Waals surface area contributed by atoms with Gasteiger partial charge in [-0.15, -0.1) is 0 Å². The number of alkyl halides is 3. The maximum absolute atomic E-state index is 13.8. The number of hydrogen-bond donors (Lipinski definition) is 2. The fraction of sp³-hybridized carbons (Fsp3) is 0.556. The van der Waals surface area contributed by atoms with Gasteiger partial charge in [0.05, 0.1) is 11.0 Å². The maximum atomic E-state index is 13.8. The Bertz CT molecular complexity index is 966. The highest BCUT2D eigenvalue weighted by molar-refractivity contribution is 7.90. The molecule has 0 radical (unpaired) electrons. The standard InChI is InChI=1S/C18H23F3N4O4S/c1-2-9-22-30(26,27)25-16-17(24-14-6-4-3-5-13(14)23-16)29-15(18(19,20)21)12-7-10-28-11-8-12/h3-6,12,15,22H,2,7-11H2,1H3,(H,23,25)/t15-/m0/s1. The average molecular weight is 448 g/mol. The van der Waals surface area contributed by atoms with Crippen molar-refractivity contribution in [3.05, 3.63) is 24.3 Å². The van der Waals surface area contributed by atoms with Gasteiger partial charge in [-0.2, -0.15) is 26.3 Å². The molecule has 0 saturated carbocycles. The van der Waals surface area contributed by atoms with E-state index in [-0.39, 0.29) is 38.1 Å². The van der Waals surface area contributed by atoms with Crippen LogP contribution in [0.5, 0.6) is 5.88 Å². The van der Waals surface area contributed by atoms with Gasteiger partial charge in [-0.3, -0.25) is 4.72 Å². The highest BCUT2D eigenvalue weighted by Crippen LogP contribution is 2.36. The molecule has 8 nitrogen and oxygen atoms in total. The number of rotatable bonds is 8. The first-order valence-corrected chi connectivity index (χ1v) is 11.0. The monoisotopic (exact) mass is 448 g/mol. The van der Waals surface area contributed by atoms with Gasteiger partial charge in [0.1, 0.15) is 0 Å². The molecule has 1 saturated heterocycles. The highest BCUT2D eigenvalue weighted by Gasteiger charge is 2.48. The maximum Gasteiger partial charge on any atom is 0.425 e. The number of anilines is 1. The van der Waals surface area contributed by atoms with E-state index in [4.69, 9.17) is 9.47 Å². The van der Waals surface area contributed by atoms with Gasteiger partial charge in [0.15, 0.2) is 6.10 Å². The fourth-order valence-corrected chi connectivity index (χ4v) is 4.03. The molecule has 0 bridgehead atoms. The summed E-state index contributed by atoms with van der Waals surface area (Å²) in [5, 5.41) is 0. The molecule has 166 valence electrons. The number of benzene rings is 1. The Balaban J connectivity index is 1.99. The zero-order chi connectivity index (χ0) is 21.8. The van der Waals surface area contributed by atoms with E-state index in [1.54, 1.807) is 31.2 Å². The van der Waals surface area contributed by atoms with E-state index in [0.717, 1.165) is 0 Å². The Hall–Kier alpha value is -2.18. The molecule has 0 unspecified atom stereocenters. The van der Waals surface area contributed by atoms with Gasteiger partial charge in [0, 0.05) is 25.7 Å². The van der Waals surface area contributed by atoms with Gasteiger partial charge in [0.2, 0.25) is 5.82 Å². The second-order valence-corrected chi connectivity index (χ2v) is 8.40. The first-order chi connectivity index (χ1) is 14.2. The molecule has 1 aliphatic heterocycles. The molecule has 1 aromatic heterocycles. The summed E-state index contributed by atoms with van der Waals surface area (Å²) in [6, 6.07) is 6.43. The largest absolute Gasteiger partial charge is 0.462 e. The molecule has 1 atom stereocenters. The molecule has 0 spiro atoms. The van der Waals surface area contributed by atoms with E-state index >= 15 is 0 Å². The van der Waals surface area contributed by atoms with Crippen LogP contribution >= 0.6 is 0 Å². The molecule has 1 aromatic carbocycles. The van der Waals surface area contributed by atoms with Crippen LogP contribution in [0.15, 0.2) is 24.3 Å². The molecule has 1 aliphatic rings. The molecular weight excluding hydrogens is 425 g/mol. The van der Waals surface area contributed by atoms with Gasteiger partial charge in [-0.1, -0.05) is 19.1 Å². The topological polar surface area (TPSA) is 102 Å². The number of aromatic nitrogens is 2. The molecule has 0 amide bonds. The van der Waals surface area contributed by atoms with Crippen molar-refractivity contribution >= 4 is 27.1 Å². The summed E-state index contributed by atoms with van der Waals surface area (Å²) in [4.78, 5) is 8.26. The van der Waals surface area contributed by atoms with Crippen LogP contribution in [-0.2, 0) is 14.9 Å². The van der Waals surface area contributed by atoms with Crippen molar-refractivity contribution in [3.63, 3.8) is 0 Å². The summed E-state index contributed by atoms with van der Waals surface area (Å²) in [6.45, 7) is 2.32. The summed E-state index contributed by atoms with van der Waals surface area (Å²) in [5.74, 6) is -1.77. The molecule has 30 heavy (non-hydrogen) atoms. The van der Waals surface area contributed by atoms with Crippen LogP contribution in [0.1, 0.15) is 26.2 Å². The molecule has 1 fully saturated rings. The van der Waals surface area contributed by atoms with E-state index in [9.17, 15) is 21.6 Å². The van der Waals surface area contributed by atoms with Crippen molar-refractivity contribution in [1.82, 2.24) is 14.7 Å². The van der Waals surface area contributed by atoms with Crippen molar-refractivity contribution < 1.29 is 31.1 Å². The molecule has 2 heterocycles. The number of fused-ring (bicyclic) bond motifs is 1. The summed E-state index contributed by atoms with van der Waals surface area (Å²) < 4.78 is 80.7. The number of hydrogen-bond acceptors (Lipinski definition) is 6. The van der Waals surface area contributed by atoms with E-state index in [0.29, 0.717) is 11.9 Å². The number of ether oxygens (including phenoxy) is 2. The van der Waals surface area contributed by atoms with E-state index in [1.807, 2.05) is 0 Å². The Morgan fingerprint density at radius 2 is 1.83 bits per heavy atom. The van der Waals surface area contributed by atoms with Crippen LogP contribution < -0.4 is 14.2 Å². The Morgan fingerprint density at radius 1 is 1.20 bits per heavy atom. The van der Waals surface area contributed by atoms with Crippen LogP contribution in [0.25, 0.3) is 11.0 Å². The number of nitrogens with zero attached hydrogens (tertiary/aromatic N) is 2. The minimum atomic E-state index is -4.67. The van der Waals surface area contributed by atoms with Gasteiger partial charge >= 0.3 is 6.18 Å². The second kappa shape index (κ2) is 9.31. The normalized spacial score (nSPS) is 17.1. The SMILES string of the molecule is CCCNS(=O)(=O)Nc1nc2ccccc2nc1O[C@@H](C1CCOCC1)C(F)(F)F. The average Bonchev–Trinajstić information content (AvgIpc) is 2.70. The van der Waals surface area contributed by atoms with E-state index in [1.165, 1.54) is 0 Å². The van der Waals surface area contributed by atoms with Crippen LogP contribution in [0.2, 0.25) is 0 Å². The van der Waals surface area contributed by atoms with Crippen molar-refractivity contribution in [3.8, 4) is 5.88 Å². The Kier molecular flexibility index (Phi) is 6.98. The lowest BCUT2D eigenvalue weighted by Gasteiger charge is -2.31. The minimum Gasteiger partial charge on any atom is -0.462 e. The van der Waals surface area contributed by atoms with Gasteiger partial charge in [-0.25, -0.2) is 9.97 Å². The van der Waals surface area contributed by atoms with E-state index in [2.05, 4.69) is 19.4 Å². The number of halogens is 3. The fourth-order valence-electron chi connectivity index (χ4n) is 3.10. The van der Waals surface area contributed by atoms with Crippen LogP contribution in [-0.4, -0.2) is 50.4 Å². The lowest BCUT2D eigenvalue weighted by molar-refractivity contribution is -0.216. The molecular formula is C18H23F3N4O4S. The highest BCUT2D eigenvalue weighted by atomic mass is 32.2. The zero-order valence-electron chi connectivity index (χ0n) is 16.3. The van der Waals surface area contributed by atoms with Crippen molar-refractivity contribution in [2.24, 2.45) is 5.92 Å². The van der Waals surface area contributed by atoms with Gasteiger partial charge in [0.25, 0.3) is 16.1 Å². The summed E-state index contributed by atoms with van der Waals surface area (Å²) >= 11 is 0. The van der Waals surface area contributed by atoms with Crippen LogP contribution in [0, 0.1) is 5.92 Å². The molecule has 0 aliphatic carbocycles. The Labute approximate surface area is 172 Å². The van der Waals surface area contributed by atoms with Gasteiger partial charge < -0.3 is 9.47 Å². The molecule has 3 rings (SSSR count). The van der Waals surface area contributed by atoms with Gasteiger partial charge in [-0.05, 0) is 31.4 Å². The molecule has 2 N–H and O–H groups in total. The zero-order valence-corrected chi connectivity index (χ0v) is 17.1. The van der Waals surface area contributed by atoms with Crippen LogP contribution in [0.3, 0.4) is 0 Å². The van der Waals surface area contributed by atoms with Crippen LogP contribution in [0.4, 0.5) is 19.0 Å². The van der Waals surface area contributed by atoms with Crippen molar-refractivity contribution in [1.29, 1.82) is 0 Å². The summed E-state index contributed by atoms with van der Waals surface area (Å²) in [7, 11) is -4.07. The predicted molar refractivity (Wildman–Crippen MR) is 104 cm³/mol. The second-order valence-electron chi connectivity index (χ2n) is 6.90. The minimum absolute atomic E-state index is 0.153. The quantitative estimate of drug-likeness (QED) is 0.644. The third-order valence-electron chi connectivity index (χ3n) is 4.57. The number of para-hydroxylation sites is 2. The molecule has 12 heteroatoms. The van der Waals surface area contributed by atoms with E-state index < -0.39 is 40.1 Å². The number of nitrogens with one attached hydrogen (secondary N) is 2. The smallest absolute Gasteiger partial charge is 0.425 e. The third kappa shape index (κ3) is 5.70. The Morgan fingerprint density at radius 3 is 2.43 bits per heavy atom. The third-order valence-corrected chi connectivity index (χ3v) is 5.61. The first-order valence-electron chi connectivity index (χ1n) is 9.55. The van der Waals surface area contributed by atoms with Crippen molar-refractivity contribution in [2.75, 3.05) is 24.5 Å². The van der Waals surface area contributed by atoms with Crippen molar-refractivity contribution in [2.45, 2.75) is 38.5 Å². The summed E-state index contributed by atoms with van der Waals surface area (Å²) in [5.41, 5.74) is 0.595. The predicted octanol–water partition coefficient (Wildman–Crippen LogP) is 3.02. The molecule has 2 aromatic rings. The lowest BCUT2D eigenvalue weighted by Crippen LogP contribution is -2.43. The lowest BCUT2D eigenvalue weighted by atomic mass is 9.93.